The zero-order chi connectivity index (χ0) is 22.3. The summed E-state index contributed by atoms with van der Waals surface area (Å²) in [5.74, 6) is -0.306. The molecule has 11 heteroatoms. The number of ether oxygens (including phenoxy) is 2. The second-order valence-corrected chi connectivity index (χ2v) is 7.20. The van der Waals surface area contributed by atoms with Crippen LogP contribution >= 0.6 is 0 Å². The van der Waals surface area contributed by atoms with E-state index in [1.807, 2.05) is 0 Å². The highest BCUT2D eigenvalue weighted by atomic mass is 32.2. The van der Waals surface area contributed by atoms with Gasteiger partial charge in [-0.15, -0.1) is 0 Å². The molecule has 162 valence electrons. The van der Waals surface area contributed by atoms with Crippen molar-refractivity contribution < 1.29 is 32.0 Å². The quantitative estimate of drug-likeness (QED) is 0.0941. The Balaban J connectivity index is 0.00000139. The Morgan fingerprint density at radius 2 is 1.76 bits per heavy atom. The lowest BCUT2D eigenvalue weighted by Gasteiger charge is -2.06. The van der Waals surface area contributed by atoms with E-state index in [1.165, 1.54) is 6.08 Å². The van der Waals surface area contributed by atoms with Gasteiger partial charge in [0, 0.05) is 13.0 Å². The predicted octanol–water partition coefficient (Wildman–Crippen LogP) is 1.27. The molecule has 0 atom stereocenters. The molecule has 0 aliphatic rings. The first-order valence-corrected chi connectivity index (χ1v) is 10.4. The highest BCUT2D eigenvalue weighted by Crippen LogP contribution is 2.14. The van der Waals surface area contributed by atoms with E-state index >= 15 is 0 Å². The van der Waals surface area contributed by atoms with Crippen LogP contribution in [0.3, 0.4) is 0 Å². The first kappa shape index (κ1) is 26.1. The third kappa shape index (κ3) is 16.9. The van der Waals surface area contributed by atoms with Crippen LogP contribution in [0.1, 0.15) is 36.0 Å². The van der Waals surface area contributed by atoms with Crippen molar-refractivity contribution in [3.63, 3.8) is 0 Å². The smallest absolute Gasteiger partial charge is 0.338 e. The van der Waals surface area contributed by atoms with Crippen molar-refractivity contribution in [3.8, 4) is 5.75 Å². The number of rotatable bonds is 10. The molecule has 0 aromatic heterocycles. The van der Waals surface area contributed by atoms with Crippen molar-refractivity contribution >= 4 is 28.0 Å². The van der Waals surface area contributed by atoms with Crippen LogP contribution in [0.4, 0.5) is 0 Å². The Morgan fingerprint density at radius 1 is 1.17 bits per heavy atom. The summed E-state index contributed by atoms with van der Waals surface area (Å²) < 4.78 is 36.0. The average Bonchev–Trinajstić information content (AvgIpc) is 2.61. The molecule has 0 fully saturated rings. The number of esters is 2. The van der Waals surface area contributed by atoms with Crippen molar-refractivity contribution in [3.05, 3.63) is 42.5 Å². The van der Waals surface area contributed by atoms with E-state index < -0.39 is 16.1 Å². The molecule has 1 aromatic rings. The van der Waals surface area contributed by atoms with Gasteiger partial charge < -0.3 is 20.9 Å². The molecule has 29 heavy (non-hydrogen) atoms. The molecule has 0 saturated heterocycles. The Morgan fingerprint density at radius 3 is 2.28 bits per heavy atom. The van der Waals surface area contributed by atoms with E-state index in [4.69, 9.17) is 25.5 Å². The van der Waals surface area contributed by atoms with Gasteiger partial charge in [0.25, 0.3) is 10.1 Å². The van der Waals surface area contributed by atoms with Gasteiger partial charge in [0.2, 0.25) is 0 Å². The highest BCUT2D eigenvalue weighted by Gasteiger charge is 2.08. The second kappa shape index (κ2) is 14.1. The minimum Gasteiger partial charge on any atom is -0.458 e. The van der Waals surface area contributed by atoms with E-state index in [0.717, 1.165) is 12.8 Å². The number of hydrogen-bond acceptors (Lipinski definition) is 7. The number of aliphatic imine (C=N–C) groups is 1. The molecule has 0 amide bonds. The van der Waals surface area contributed by atoms with Crippen LogP contribution in [-0.4, -0.2) is 50.3 Å². The Bertz CT molecular complexity index is 778. The number of hydrogen-bond donors (Lipinski definition) is 3. The van der Waals surface area contributed by atoms with Crippen molar-refractivity contribution in [2.45, 2.75) is 25.7 Å². The van der Waals surface area contributed by atoms with Crippen LogP contribution < -0.4 is 16.2 Å². The predicted molar refractivity (Wildman–Crippen MR) is 109 cm³/mol. The molecule has 10 nitrogen and oxygen atoms in total. The lowest BCUT2D eigenvalue weighted by Crippen LogP contribution is -2.22. The van der Waals surface area contributed by atoms with Gasteiger partial charge in [-0.1, -0.05) is 19.1 Å². The number of unbranched alkanes of at least 4 members (excludes halogenated alkanes) is 2. The van der Waals surface area contributed by atoms with Crippen LogP contribution in [0.2, 0.25) is 0 Å². The molecule has 0 radical (unpaired) electrons. The summed E-state index contributed by atoms with van der Waals surface area (Å²) in [6.07, 6.45) is 4.86. The third-order valence-electron chi connectivity index (χ3n) is 2.99. The fraction of sp³-hybridized carbons (Fsp3) is 0.389. The monoisotopic (exact) mass is 429 g/mol. The summed E-state index contributed by atoms with van der Waals surface area (Å²) in [5, 5.41) is 0. The minimum absolute atomic E-state index is 0.0752. The van der Waals surface area contributed by atoms with Crippen molar-refractivity contribution in [1.29, 1.82) is 0 Å². The molecule has 0 heterocycles. The number of benzene rings is 1. The third-order valence-corrected chi connectivity index (χ3v) is 2.99. The van der Waals surface area contributed by atoms with Gasteiger partial charge in [0.05, 0.1) is 11.8 Å². The zero-order valence-electron chi connectivity index (χ0n) is 16.2. The lowest BCUT2D eigenvalue weighted by atomic mass is 10.2. The van der Waals surface area contributed by atoms with Crippen LogP contribution in [0, 0.1) is 0 Å². The van der Waals surface area contributed by atoms with Crippen molar-refractivity contribution in [2.75, 3.05) is 19.4 Å². The molecular weight excluding hydrogens is 402 g/mol. The maximum Gasteiger partial charge on any atom is 0.338 e. The van der Waals surface area contributed by atoms with Gasteiger partial charge >= 0.3 is 11.9 Å². The largest absolute Gasteiger partial charge is 0.458 e. The van der Waals surface area contributed by atoms with Gasteiger partial charge in [-0.25, -0.2) is 4.79 Å². The summed E-state index contributed by atoms with van der Waals surface area (Å²) >= 11 is 0. The van der Waals surface area contributed by atoms with Crippen LogP contribution in [-0.2, 0) is 19.6 Å². The molecule has 0 bridgehead atoms. The lowest BCUT2D eigenvalue weighted by molar-refractivity contribution is -0.134. The normalized spacial score (nSPS) is 10.1. The fourth-order valence-corrected chi connectivity index (χ4v) is 1.83. The fourth-order valence-electron chi connectivity index (χ4n) is 1.83. The van der Waals surface area contributed by atoms with Crippen LogP contribution in [0.15, 0.2) is 41.9 Å². The number of carbonyl (C=O) groups excluding carboxylic acids is 2. The number of carbonyl (C=O) groups is 2. The Labute approximate surface area is 170 Å². The Hall–Kier alpha value is -2.92. The first-order valence-electron chi connectivity index (χ1n) is 8.59. The SMILES string of the molecule is C=CCOC(=O)c1ccc(OC(=O)CCCCCN=C(N)N)cc1.CS(=O)(=O)O. The number of nitrogens with two attached hydrogens (primary N) is 2. The summed E-state index contributed by atoms with van der Waals surface area (Å²) in [6.45, 7) is 4.18. The molecule has 0 aliphatic heterocycles. The van der Waals surface area contributed by atoms with Crippen molar-refractivity contribution in [1.82, 2.24) is 0 Å². The Kier molecular flexibility index (Phi) is 12.7. The summed E-state index contributed by atoms with van der Waals surface area (Å²) in [4.78, 5) is 27.2. The molecule has 0 unspecified atom stereocenters. The minimum atomic E-state index is -3.67. The summed E-state index contributed by atoms with van der Waals surface area (Å²) in [6, 6.07) is 6.20. The molecule has 1 aromatic carbocycles. The first-order chi connectivity index (χ1) is 13.5. The number of guanidine groups is 1. The van der Waals surface area contributed by atoms with E-state index in [-0.39, 0.29) is 18.5 Å². The standard InChI is InChI=1S/C17H23N3O4.CH4O3S/c1-2-12-23-16(22)13-7-9-14(10-8-13)24-15(21)6-4-3-5-11-20-17(18)19;1-5(2,3)4/h2,7-10H,1,3-6,11-12H2,(H4,18,19,20);1H3,(H,2,3,4). The van der Waals surface area contributed by atoms with Gasteiger partial charge in [0.1, 0.15) is 12.4 Å². The number of nitrogens with zero attached hydrogens (tertiary/aromatic N) is 1. The molecule has 0 aliphatic carbocycles. The second-order valence-electron chi connectivity index (χ2n) is 5.74. The molecule has 0 saturated carbocycles. The van der Waals surface area contributed by atoms with Gasteiger partial charge in [-0.05, 0) is 37.1 Å². The van der Waals surface area contributed by atoms with Gasteiger partial charge in [-0.2, -0.15) is 8.42 Å². The van der Waals surface area contributed by atoms with Crippen LogP contribution in [0.25, 0.3) is 0 Å². The summed E-state index contributed by atoms with van der Waals surface area (Å²) in [5.41, 5.74) is 10.8. The van der Waals surface area contributed by atoms with E-state index in [9.17, 15) is 18.0 Å². The zero-order valence-corrected chi connectivity index (χ0v) is 17.1. The maximum atomic E-state index is 11.7. The average molecular weight is 429 g/mol. The van der Waals surface area contributed by atoms with Crippen LogP contribution in [0.5, 0.6) is 5.75 Å². The summed E-state index contributed by atoms with van der Waals surface area (Å²) in [7, 11) is -3.67. The van der Waals surface area contributed by atoms with Gasteiger partial charge in [0.15, 0.2) is 5.96 Å². The maximum absolute atomic E-state index is 11.7. The van der Waals surface area contributed by atoms with Gasteiger partial charge in [-0.3, -0.25) is 14.3 Å². The van der Waals surface area contributed by atoms with E-state index in [1.54, 1.807) is 24.3 Å². The van der Waals surface area contributed by atoms with E-state index in [2.05, 4.69) is 11.6 Å². The molecule has 5 N–H and O–H groups in total. The van der Waals surface area contributed by atoms with E-state index in [0.29, 0.717) is 37.0 Å². The molecule has 0 spiro atoms. The topological polar surface area (TPSA) is 171 Å². The molecular formula is C18H27N3O7S. The van der Waals surface area contributed by atoms with Crippen molar-refractivity contribution in [2.24, 2.45) is 16.5 Å². The highest BCUT2D eigenvalue weighted by molar-refractivity contribution is 7.85. The molecule has 1 rings (SSSR count).